The van der Waals surface area contributed by atoms with E-state index in [0.717, 1.165) is 60.2 Å². The third kappa shape index (κ3) is 3.45. The molecule has 3 aromatic rings. The highest BCUT2D eigenvalue weighted by Gasteiger charge is 2.21. The Morgan fingerprint density at radius 1 is 0.966 bits per heavy atom. The van der Waals surface area contributed by atoms with Crippen LogP contribution in [0.25, 0.3) is 11.1 Å². The highest BCUT2D eigenvalue weighted by atomic mass is 16.5. The van der Waals surface area contributed by atoms with Gasteiger partial charge in [-0.2, -0.15) is 0 Å². The van der Waals surface area contributed by atoms with Crippen molar-refractivity contribution < 1.29 is 9.47 Å². The lowest BCUT2D eigenvalue weighted by Gasteiger charge is -2.27. The number of methoxy groups -OCH3 is 1. The van der Waals surface area contributed by atoms with Gasteiger partial charge in [0.25, 0.3) is 0 Å². The van der Waals surface area contributed by atoms with E-state index in [4.69, 9.17) is 14.5 Å². The summed E-state index contributed by atoms with van der Waals surface area (Å²) in [6.45, 7) is 3.80. The number of benzene rings is 1. The summed E-state index contributed by atoms with van der Waals surface area (Å²) in [6, 6.07) is 12.3. The van der Waals surface area contributed by atoms with Crippen molar-refractivity contribution in [2.75, 3.05) is 38.3 Å². The van der Waals surface area contributed by atoms with Crippen LogP contribution < -0.4 is 9.64 Å². The number of hydrogen-bond acceptors (Lipinski definition) is 7. The Hall–Kier alpha value is -3.32. The molecule has 5 rings (SSSR count). The van der Waals surface area contributed by atoms with Crippen molar-refractivity contribution in [1.82, 2.24) is 15.0 Å². The first-order valence-corrected chi connectivity index (χ1v) is 9.65. The van der Waals surface area contributed by atoms with Crippen LogP contribution in [0.5, 0.6) is 5.88 Å². The minimum atomic E-state index is 0.605. The number of hydrogen-bond donors (Lipinski definition) is 0. The Kier molecular flexibility index (Phi) is 4.65. The van der Waals surface area contributed by atoms with Gasteiger partial charge < -0.3 is 14.4 Å². The van der Waals surface area contributed by atoms with Gasteiger partial charge in [-0.3, -0.25) is 4.99 Å². The van der Waals surface area contributed by atoms with Crippen LogP contribution in [0.2, 0.25) is 0 Å². The first-order chi connectivity index (χ1) is 14.3. The van der Waals surface area contributed by atoms with Gasteiger partial charge in [-0.25, -0.2) is 15.0 Å². The molecule has 0 bridgehead atoms. The third-order valence-corrected chi connectivity index (χ3v) is 5.28. The van der Waals surface area contributed by atoms with E-state index in [1.165, 1.54) is 5.56 Å². The van der Waals surface area contributed by atoms with Crippen molar-refractivity contribution >= 4 is 11.5 Å². The molecule has 2 aliphatic rings. The van der Waals surface area contributed by atoms with E-state index in [9.17, 15) is 0 Å². The number of aliphatic imine (C=N–C) groups is 1. The second-order valence-electron chi connectivity index (χ2n) is 6.99. The highest BCUT2D eigenvalue weighted by Crippen LogP contribution is 2.29. The number of pyridine rings is 1. The molecular formula is C22H21N5O2. The van der Waals surface area contributed by atoms with E-state index >= 15 is 0 Å². The minimum absolute atomic E-state index is 0.605. The van der Waals surface area contributed by atoms with Gasteiger partial charge in [0.05, 0.1) is 38.3 Å². The molecule has 0 unspecified atom stereocenters. The summed E-state index contributed by atoms with van der Waals surface area (Å²) in [5.74, 6) is 1.53. The van der Waals surface area contributed by atoms with Crippen molar-refractivity contribution in [2.24, 2.45) is 4.99 Å². The normalized spacial score (nSPS) is 15.8. The van der Waals surface area contributed by atoms with Gasteiger partial charge in [0.1, 0.15) is 12.1 Å². The Morgan fingerprint density at radius 3 is 2.62 bits per heavy atom. The van der Waals surface area contributed by atoms with Crippen molar-refractivity contribution in [3.63, 3.8) is 0 Å². The zero-order valence-corrected chi connectivity index (χ0v) is 16.2. The number of aromatic nitrogens is 3. The van der Waals surface area contributed by atoms with Crippen LogP contribution in [-0.2, 0) is 11.3 Å². The minimum Gasteiger partial charge on any atom is -0.481 e. The van der Waals surface area contributed by atoms with Crippen molar-refractivity contribution in [3.8, 4) is 17.0 Å². The van der Waals surface area contributed by atoms with E-state index in [0.29, 0.717) is 12.4 Å². The van der Waals surface area contributed by atoms with E-state index in [-0.39, 0.29) is 0 Å². The molecule has 2 aromatic heterocycles. The average Bonchev–Trinajstić information content (AvgIpc) is 3.23. The molecule has 0 atom stereocenters. The zero-order chi connectivity index (χ0) is 19.6. The second-order valence-corrected chi connectivity index (χ2v) is 6.99. The summed E-state index contributed by atoms with van der Waals surface area (Å²) in [7, 11) is 1.62. The van der Waals surface area contributed by atoms with Crippen LogP contribution in [0.4, 0.5) is 5.82 Å². The maximum absolute atomic E-state index is 5.45. The Balaban J connectivity index is 1.47. The summed E-state index contributed by atoms with van der Waals surface area (Å²) in [5.41, 5.74) is 6.22. The molecule has 0 radical (unpaired) electrons. The van der Waals surface area contributed by atoms with E-state index in [1.54, 1.807) is 13.4 Å². The number of anilines is 1. The molecule has 1 aromatic carbocycles. The van der Waals surface area contributed by atoms with Gasteiger partial charge in [0.2, 0.25) is 5.88 Å². The Morgan fingerprint density at radius 2 is 1.83 bits per heavy atom. The topological polar surface area (TPSA) is 72.7 Å². The monoisotopic (exact) mass is 387 g/mol. The molecule has 7 nitrogen and oxygen atoms in total. The standard InChI is InChI=1S/C22H21N5O2/c1-28-21-5-4-16(12-23-21)15-2-3-17-13-24-22(18(17)10-15)19-11-20(26-14-25-19)27-6-8-29-9-7-27/h2-5,10-12,14H,6-9,13H2,1H3. The second kappa shape index (κ2) is 7.60. The van der Waals surface area contributed by atoms with Crippen LogP contribution in [0.15, 0.2) is 53.9 Å². The summed E-state index contributed by atoms with van der Waals surface area (Å²) in [4.78, 5) is 20.3. The van der Waals surface area contributed by atoms with E-state index in [1.807, 2.05) is 24.4 Å². The Labute approximate surface area is 169 Å². The molecule has 1 fully saturated rings. The lowest BCUT2D eigenvalue weighted by atomic mass is 9.97. The third-order valence-electron chi connectivity index (χ3n) is 5.28. The maximum atomic E-state index is 5.45. The molecule has 0 aliphatic carbocycles. The molecule has 0 amide bonds. The van der Waals surface area contributed by atoms with Gasteiger partial charge in [0, 0.05) is 42.5 Å². The smallest absolute Gasteiger partial charge is 0.212 e. The summed E-state index contributed by atoms with van der Waals surface area (Å²) >= 11 is 0. The summed E-state index contributed by atoms with van der Waals surface area (Å²) in [5, 5.41) is 0. The van der Waals surface area contributed by atoms with Crippen molar-refractivity contribution in [3.05, 3.63) is 65.7 Å². The fourth-order valence-electron chi connectivity index (χ4n) is 3.70. The molecule has 7 heteroatoms. The van der Waals surface area contributed by atoms with Gasteiger partial charge in [-0.1, -0.05) is 12.1 Å². The van der Waals surface area contributed by atoms with Crippen LogP contribution in [0.1, 0.15) is 16.8 Å². The molecule has 0 saturated carbocycles. The molecule has 1 saturated heterocycles. The fourth-order valence-corrected chi connectivity index (χ4v) is 3.70. The predicted octanol–water partition coefficient (Wildman–Crippen LogP) is 2.73. The molecule has 4 heterocycles. The van der Waals surface area contributed by atoms with Gasteiger partial charge in [0.15, 0.2) is 0 Å². The molecule has 0 N–H and O–H groups in total. The van der Waals surface area contributed by atoms with Gasteiger partial charge in [-0.15, -0.1) is 0 Å². The number of nitrogens with zero attached hydrogens (tertiary/aromatic N) is 5. The van der Waals surface area contributed by atoms with E-state index < -0.39 is 0 Å². The van der Waals surface area contributed by atoms with Crippen LogP contribution in [0.3, 0.4) is 0 Å². The first-order valence-electron chi connectivity index (χ1n) is 9.65. The lowest BCUT2D eigenvalue weighted by Crippen LogP contribution is -2.36. The summed E-state index contributed by atoms with van der Waals surface area (Å²) in [6.07, 6.45) is 3.45. The number of rotatable bonds is 4. The molecular weight excluding hydrogens is 366 g/mol. The van der Waals surface area contributed by atoms with Crippen LogP contribution >= 0.6 is 0 Å². The van der Waals surface area contributed by atoms with E-state index in [2.05, 4.69) is 38.1 Å². The molecule has 29 heavy (non-hydrogen) atoms. The quantitative estimate of drug-likeness (QED) is 0.685. The first kappa shape index (κ1) is 17.8. The fraction of sp³-hybridized carbons (Fsp3) is 0.273. The maximum Gasteiger partial charge on any atom is 0.212 e. The average molecular weight is 387 g/mol. The van der Waals surface area contributed by atoms with Crippen LogP contribution in [-0.4, -0.2) is 54.1 Å². The SMILES string of the molecule is COc1ccc(-c2ccc3c(c2)C(c2cc(N4CCOCC4)ncn2)=NC3)cn1. The predicted molar refractivity (Wildman–Crippen MR) is 111 cm³/mol. The number of morpholine rings is 1. The zero-order valence-electron chi connectivity index (χ0n) is 16.2. The Bertz CT molecular complexity index is 1060. The van der Waals surface area contributed by atoms with Crippen LogP contribution in [0, 0.1) is 0 Å². The largest absolute Gasteiger partial charge is 0.481 e. The van der Waals surface area contributed by atoms with Gasteiger partial charge >= 0.3 is 0 Å². The summed E-state index contributed by atoms with van der Waals surface area (Å²) < 4.78 is 10.6. The number of ether oxygens (including phenoxy) is 2. The molecule has 146 valence electrons. The molecule has 2 aliphatic heterocycles. The lowest BCUT2D eigenvalue weighted by molar-refractivity contribution is 0.122. The van der Waals surface area contributed by atoms with Crippen molar-refractivity contribution in [2.45, 2.75) is 6.54 Å². The molecule has 0 spiro atoms. The van der Waals surface area contributed by atoms with Gasteiger partial charge in [-0.05, 0) is 23.3 Å². The number of fused-ring (bicyclic) bond motifs is 1. The highest BCUT2D eigenvalue weighted by molar-refractivity contribution is 6.14. The van der Waals surface area contributed by atoms with Crippen molar-refractivity contribution in [1.29, 1.82) is 0 Å².